The van der Waals surface area contributed by atoms with Crippen molar-refractivity contribution in [3.8, 4) is 11.1 Å². The molecule has 8 heteroatoms. The van der Waals surface area contributed by atoms with Gasteiger partial charge in [0.25, 0.3) is 5.56 Å². The minimum Gasteiger partial charge on any atom is -0.372 e. The molecular weight excluding hydrogens is 495 g/mol. The summed E-state index contributed by atoms with van der Waals surface area (Å²) in [4.78, 5) is 18.6. The minimum atomic E-state index is -0.310. The Hall–Kier alpha value is -3.36. The van der Waals surface area contributed by atoms with Crippen LogP contribution in [0.5, 0.6) is 0 Å². The molecule has 0 amide bonds. The molecule has 7 nitrogen and oxygen atoms in total. The number of hydrogen-bond donors (Lipinski definition) is 0. The molecule has 0 N–H and O–H groups in total. The summed E-state index contributed by atoms with van der Waals surface area (Å²) in [6.45, 7) is 4.92. The molecule has 2 aromatic carbocycles. The number of benzene rings is 2. The van der Waals surface area contributed by atoms with E-state index in [0.29, 0.717) is 23.3 Å². The zero-order valence-electron chi connectivity index (χ0n) is 22.6. The average Bonchev–Trinajstić information content (AvgIpc) is 3.70. The number of aryl methyl sites for hydroxylation is 1. The van der Waals surface area contributed by atoms with Crippen LogP contribution in [0, 0.1) is 5.82 Å². The van der Waals surface area contributed by atoms with Crippen LogP contribution in [0.2, 0.25) is 0 Å². The van der Waals surface area contributed by atoms with E-state index < -0.39 is 0 Å². The molecule has 2 atom stereocenters. The number of fused-ring (bicyclic) bond motifs is 1. The Kier molecular flexibility index (Phi) is 7.32. The molecule has 39 heavy (non-hydrogen) atoms. The molecule has 0 bridgehead atoms. The first-order chi connectivity index (χ1) is 19.0. The molecule has 1 aliphatic carbocycles. The Morgan fingerprint density at radius 3 is 2.56 bits per heavy atom. The van der Waals surface area contributed by atoms with Crippen LogP contribution in [0.15, 0.2) is 59.7 Å². The van der Waals surface area contributed by atoms with Gasteiger partial charge in [-0.25, -0.2) is 8.91 Å². The third kappa shape index (κ3) is 5.28. The molecule has 2 unspecified atom stereocenters. The fourth-order valence-corrected chi connectivity index (χ4v) is 5.93. The first-order valence-electron chi connectivity index (χ1n) is 14.1. The van der Waals surface area contributed by atoms with Crippen molar-refractivity contribution in [1.29, 1.82) is 0 Å². The monoisotopic (exact) mass is 530 g/mol. The largest absolute Gasteiger partial charge is 0.372 e. The topological polar surface area (TPSA) is 73.9 Å². The highest BCUT2D eigenvalue weighted by molar-refractivity contribution is 5.63. The highest BCUT2D eigenvalue weighted by Gasteiger charge is 2.34. The molecular formula is C31H35FN4O3. The van der Waals surface area contributed by atoms with Gasteiger partial charge in [-0.2, -0.15) is 10.1 Å². The second-order valence-electron chi connectivity index (χ2n) is 10.8. The molecule has 2 aromatic heterocycles. The van der Waals surface area contributed by atoms with Crippen LogP contribution in [-0.2, 0) is 22.3 Å². The lowest BCUT2D eigenvalue weighted by atomic mass is 9.92. The molecule has 1 aliphatic heterocycles. The highest BCUT2D eigenvalue weighted by atomic mass is 19.1. The molecule has 6 rings (SSSR count). The van der Waals surface area contributed by atoms with E-state index in [1.807, 2.05) is 36.4 Å². The number of epoxide rings is 1. The van der Waals surface area contributed by atoms with E-state index in [0.717, 1.165) is 55.5 Å². The fraction of sp³-hybridized carbons (Fsp3) is 0.452. The molecule has 4 aromatic rings. The first kappa shape index (κ1) is 25.9. The second kappa shape index (κ2) is 11.0. The smallest absolute Gasteiger partial charge is 0.259 e. The standard InChI is InChI=1S/C31H35FN4O3/c1-3-7-28-26(16-23-11-10-22(17-27(23)32)21-8-5-4-6-9-21)30(37)35(31-33-19-34-36(28)31)24-12-14-25(15-13-24)39-20(2)29-18-38-29/h4-6,8-11,17,19-20,24-25,29H,3,7,12-16,18H2,1-2H3. The average molecular weight is 531 g/mol. The lowest BCUT2D eigenvalue weighted by Gasteiger charge is -2.31. The second-order valence-corrected chi connectivity index (χ2v) is 10.8. The Morgan fingerprint density at radius 2 is 1.87 bits per heavy atom. The molecule has 3 heterocycles. The van der Waals surface area contributed by atoms with E-state index >= 15 is 4.39 Å². The fourth-order valence-electron chi connectivity index (χ4n) is 5.93. The maximum absolute atomic E-state index is 15.4. The van der Waals surface area contributed by atoms with Gasteiger partial charge < -0.3 is 9.47 Å². The highest BCUT2D eigenvalue weighted by Crippen LogP contribution is 2.33. The van der Waals surface area contributed by atoms with Gasteiger partial charge in [0.05, 0.1) is 24.5 Å². The lowest BCUT2D eigenvalue weighted by Crippen LogP contribution is -2.36. The number of rotatable bonds is 9. The Labute approximate surface area is 227 Å². The summed E-state index contributed by atoms with van der Waals surface area (Å²) >= 11 is 0. The number of halogens is 1. The number of aromatic nitrogens is 4. The zero-order valence-corrected chi connectivity index (χ0v) is 22.6. The summed E-state index contributed by atoms with van der Waals surface area (Å²) in [6, 6.07) is 15.0. The normalized spacial score (nSPS) is 21.8. The van der Waals surface area contributed by atoms with Crippen molar-refractivity contribution in [1.82, 2.24) is 19.2 Å². The predicted molar refractivity (Wildman–Crippen MR) is 147 cm³/mol. The Morgan fingerprint density at radius 1 is 1.10 bits per heavy atom. The maximum atomic E-state index is 15.4. The SMILES string of the molecule is CCCc1c(Cc2ccc(-c3ccccc3)cc2F)c(=O)n(C2CCC(OC(C)C3CO3)CC2)c2ncnn12. The quantitative estimate of drug-likeness (QED) is 0.266. The van der Waals surface area contributed by atoms with Crippen molar-refractivity contribution in [2.75, 3.05) is 6.61 Å². The van der Waals surface area contributed by atoms with Crippen molar-refractivity contribution < 1.29 is 13.9 Å². The van der Waals surface area contributed by atoms with Crippen LogP contribution >= 0.6 is 0 Å². The van der Waals surface area contributed by atoms with Crippen LogP contribution in [0.3, 0.4) is 0 Å². The Bertz CT molecular complexity index is 1500. The van der Waals surface area contributed by atoms with Crippen molar-refractivity contribution in [3.63, 3.8) is 0 Å². The maximum Gasteiger partial charge on any atom is 0.259 e. The van der Waals surface area contributed by atoms with Crippen molar-refractivity contribution in [3.05, 3.63) is 87.9 Å². The van der Waals surface area contributed by atoms with Gasteiger partial charge in [-0.3, -0.25) is 9.36 Å². The lowest BCUT2D eigenvalue weighted by molar-refractivity contribution is -0.0377. The van der Waals surface area contributed by atoms with Gasteiger partial charge >= 0.3 is 0 Å². The van der Waals surface area contributed by atoms with Crippen LogP contribution in [0.1, 0.15) is 68.8 Å². The van der Waals surface area contributed by atoms with E-state index in [-0.39, 0.29) is 42.2 Å². The summed E-state index contributed by atoms with van der Waals surface area (Å²) in [5.41, 5.74) is 3.60. The van der Waals surface area contributed by atoms with Crippen molar-refractivity contribution in [2.45, 2.75) is 83.1 Å². The first-order valence-corrected chi connectivity index (χ1v) is 14.1. The van der Waals surface area contributed by atoms with Gasteiger partial charge in [0.15, 0.2) is 0 Å². The van der Waals surface area contributed by atoms with Crippen molar-refractivity contribution in [2.24, 2.45) is 0 Å². The van der Waals surface area contributed by atoms with E-state index in [2.05, 4.69) is 23.9 Å². The van der Waals surface area contributed by atoms with E-state index in [1.165, 1.54) is 6.33 Å². The van der Waals surface area contributed by atoms with Gasteiger partial charge in [0.1, 0.15) is 18.2 Å². The Balaban J connectivity index is 1.32. The minimum absolute atomic E-state index is 0.00346. The molecule has 1 saturated carbocycles. The molecule has 1 saturated heterocycles. The van der Waals surface area contributed by atoms with Gasteiger partial charge in [0.2, 0.25) is 5.78 Å². The molecule has 2 fully saturated rings. The van der Waals surface area contributed by atoms with E-state index in [4.69, 9.17) is 9.47 Å². The predicted octanol–water partition coefficient (Wildman–Crippen LogP) is 5.53. The third-order valence-electron chi connectivity index (χ3n) is 8.14. The zero-order chi connectivity index (χ0) is 26.9. The molecule has 2 aliphatic rings. The van der Waals surface area contributed by atoms with Crippen LogP contribution in [0.25, 0.3) is 16.9 Å². The number of nitrogens with zero attached hydrogens (tertiary/aromatic N) is 4. The van der Waals surface area contributed by atoms with Crippen LogP contribution in [-0.4, -0.2) is 44.1 Å². The van der Waals surface area contributed by atoms with Gasteiger partial charge in [0, 0.05) is 18.0 Å². The summed E-state index contributed by atoms with van der Waals surface area (Å²) in [6.07, 6.45) is 7.08. The summed E-state index contributed by atoms with van der Waals surface area (Å²) in [5.74, 6) is 0.256. The number of hydrogen-bond acceptors (Lipinski definition) is 5. The number of ether oxygens (including phenoxy) is 2. The van der Waals surface area contributed by atoms with Crippen LogP contribution < -0.4 is 5.56 Å². The van der Waals surface area contributed by atoms with Gasteiger partial charge in [-0.05, 0) is 61.8 Å². The molecule has 0 radical (unpaired) electrons. The van der Waals surface area contributed by atoms with E-state index in [9.17, 15) is 4.79 Å². The third-order valence-corrected chi connectivity index (χ3v) is 8.14. The molecule has 0 spiro atoms. The van der Waals surface area contributed by atoms with Crippen LogP contribution in [0.4, 0.5) is 4.39 Å². The van der Waals surface area contributed by atoms with Gasteiger partial charge in [-0.1, -0.05) is 55.8 Å². The summed E-state index contributed by atoms with van der Waals surface area (Å²) in [7, 11) is 0. The van der Waals surface area contributed by atoms with Crippen molar-refractivity contribution >= 4 is 5.78 Å². The summed E-state index contributed by atoms with van der Waals surface area (Å²) in [5, 5.41) is 4.51. The molecule has 204 valence electrons. The summed E-state index contributed by atoms with van der Waals surface area (Å²) < 4.78 is 30.6. The van der Waals surface area contributed by atoms with E-state index in [1.54, 1.807) is 21.2 Å². The van der Waals surface area contributed by atoms with Gasteiger partial charge in [-0.15, -0.1) is 0 Å².